The first-order chi connectivity index (χ1) is 9.47. The lowest BCUT2D eigenvalue weighted by Crippen LogP contribution is -2.32. The number of ether oxygens (including phenoxy) is 2. The van der Waals surface area contributed by atoms with Crippen LogP contribution in [0.1, 0.15) is 19.4 Å². The first-order valence-electron chi connectivity index (χ1n) is 6.59. The topological polar surface area (TPSA) is 47.6 Å². The van der Waals surface area contributed by atoms with Crippen LogP contribution in [0, 0.1) is 5.92 Å². The van der Waals surface area contributed by atoms with E-state index < -0.39 is 0 Å². The van der Waals surface area contributed by atoms with E-state index >= 15 is 0 Å². The number of carbonyl (C=O) groups is 1. The second kappa shape index (κ2) is 8.00. The van der Waals surface area contributed by atoms with Crippen LogP contribution in [0.2, 0.25) is 0 Å². The maximum absolute atomic E-state index is 11.9. The molecule has 1 aromatic carbocycles. The van der Waals surface area contributed by atoms with Crippen molar-refractivity contribution in [2.45, 2.75) is 25.6 Å². The van der Waals surface area contributed by atoms with E-state index in [0.29, 0.717) is 30.4 Å². The number of hydrogen-bond donors (Lipinski definition) is 1. The van der Waals surface area contributed by atoms with Gasteiger partial charge in [-0.25, -0.2) is 0 Å². The molecule has 112 valence electrons. The first-order valence-corrected chi connectivity index (χ1v) is 7.03. The minimum Gasteiger partial charge on any atom is -0.493 e. The van der Waals surface area contributed by atoms with Crippen LogP contribution >= 0.6 is 11.6 Å². The molecule has 0 aliphatic carbocycles. The maximum atomic E-state index is 11.9. The van der Waals surface area contributed by atoms with Gasteiger partial charge in [-0.3, -0.25) is 4.79 Å². The highest BCUT2D eigenvalue weighted by atomic mass is 35.5. The summed E-state index contributed by atoms with van der Waals surface area (Å²) in [5, 5.41) is 2.78. The van der Waals surface area contributed by atoms with Crippen molar-refractivity contribution in [3.05, 3.63) is 23.8 Å². The molecule has 0 fully saturated rings. The van der Waals surface area contributed by atoms with Crippen LogP contribution in [0.15, 0.2) is 18.2 Å². The molecule has 0 aliphatic rings. The number of rotatable bonds is 7. The second-order valence-corrected chi connectivity index (χ2v) is 5.49. The third kappa shape index (κ3) is 4.93. The Hall–Kier alpha value is -1.42. The Labute approximate surface area is 125 Å². The molecule has 1 unspecified atom stereocenters. The lowest BCUT2D eigenvalue weighted by Gasteiger charge is -2.14. The molecule has 0 saturated heterocycles. The molecule has 20 heavy (non-hydrogen) atoms. The van der Waals surface area contributed by atoms with Gasteiger partial charge in [-0.15, -0.1) is 11.6 Å². The highest BCUT2D eigenvalue weighted by Gasteiger charge is 2.12. The number of benzene rings is 1. The minimum atomic E-state index is -0.0523. The van der Waals surface area contributed by atoms with Gasteiger partial charge in [-0.2, -0.15) is 0 Å². The third-order valence-electron chi connectivity index (χ3n) is 3.03. The molecule has 0 heterocycles. The predicted molar refractivity (Wildman–Crippen MR) is 80.7 cm³/mol. The van der Waals surface area contributed by atoms with Crippen molar-refractivity contribution in [3.8, 4) is 11.5 Å². The molecule has 0 bridgehead atoms. The van der Waals surface area contributed by atoms with E-state index in [4.69, 9.17) is 21.1 Å². The van der Waals surface area contributed by atoms with Gasteiger partial charge in [0.1, 0.15) is 0 Å². The summed E-state index contributed by atoms with van der Waals surface area (Å²) in [7, 11) is 3.15. The minimum absolute atomic E-state index is 0.0515. The van der Waals surface area contributed by atoms with Crippen molar-refractivity contribution >= 4 is 17.5 Å². The molecule has 0 aliphatic heterocycles. The molecule has 1 N–H and O–H groups in total. The van der Waals surface area contributed by atoms with Crippen molar-refractivity contribution in [2.24, 2.45) is 5.92 Å². The second-order valence-electron chi connectivity index (χ2n) is 4.93. The molecular formula is C15H22ClNO3. The van der Waals surface area contributed by atoms with Crippen LogP contribution in [0.25, 0.3) is 0 Å². The van der Waals surface area contributed by atoms with Crippen LogP contribution in [0.3, 0.4) is 0 Å². The summed E-state index contributed by atoms with van der Waals surface area (Å²) in [6.45, 7) is 4.53. The van der Waals surface area contributed by atoms with E-state index in [1.807, 2.05) is 19.9 Å². The Morgan fingerprint density at radius 3 is 2.45 bits per heavy atom. The van der Waals surface area contributed by atoms with E-state index in [1.165, 1.54) is 0 Å². The van der Waals surface area contributed by atoms with Gasteiger partial charge < -0.3 is 14.8 Å². The maximum Gasteiger partial charge on any atom is 0.224 e. The van der Waals surface area contributed by atoms with Crippen molar-refractivity contribution in [3.63, 3.8) is 0 Å². The molecule has 0 aromatic heterocycles. The van der Waals surface area contributed by atoms with Crippen molar-refractivity contribution < 1.29 is 14.3 Å². The highest BCUT2D eigenvalue weighted by molar-refractivity contribution is 6.21. The van der Waals surface area contributed by atoms with Crippen molar-refractivity contribution in [1.29, 1.82) is 0 Å². The lowest BCUT2D eigenvalue weighted by molar-refractivity contribution is -0.120. The van der Waals surface area contributed by atoms with Crippen LogP contribution in [-0.2, 0) is 11.2 Å². The molecule has 1 rings (SSSR count). The zero-order chi connectivity index (χ0) is 15.1. The number of alkyl halides is 1. The van der Waals surface area contributed by atoms with Gasteiger partial charge in [-0.1, -0.05) is 19.9 Å². The molecule has 0 spiro atoms. The van der Waals surface area contributed by atoms with Gasteiger partial charge in [0.25, 0.3) is 0 Å². The summed E-state index contributed by atoms with van der Waals surface area (Å²) in [6.07, 6.45) is 0.294. The number of hydrogen-bond acceptors (Lipinski definition) is 3. The SMILES string of the molecule is COc1ccc(CC(=O)NCC(Cl)C(C)C)cc1OC. The lowest BCUT2D eigenvalue weighted by atomic mass is 10.1. The monoisotopic (exact) mass is 299 g/mol. The third-order valence-corrected chi connectivity index (χ3v) is 3.69. The summed E-state index contributed by atoms with van der Waals surface area (Å²) >= 11 is 6.10. The van der Waals surface area contributed by atoms with E-state index in [-0.39, 0.29) is 11.3 Å². The van der Waals surface area contributed by atoms with E-state index in [9.17, 15) is 4.79 Å². The van der Waals surface area contributed by atoms with E-state index in [1.54, 1.807) is 26.4 Å². The van der Waals surface area contributed by atoms with Gasteiger partial charge in [-0.05, 0) is 23.6 Å². The molecule has 5 heteroatoms. The summed E-state index contributed by atoms with van der Waals surface area (Å²) in [5.74, 6) is 1.55. The van der Waals surface area contributed by atoms with E-state index in [0.717, 1.165) is 5.56 Å². The normalized spacial score (nSPS) is 12.1. The molecule has 1 amide bonds. The van der Waals surface area contributed by atoms with E-state index in [2.05, 4.69) is 5.32 Å². The standard InChI is InChI=1S/C15H22ClNO3/c1-10(2)12(16)9-17-15(18)8-11-5-6-13(19-3)14(7-11)20-4/h5-7,10,12H,8-9H2,1-4H3,(H,17,18). The number of nitrogens with one attached hydrogen (secondary N) is 1. The number of carbonyl (C=O) groups excluding carboxylic acids is 1. The Kier molecular flexibility index (Phi) is 6.65. The van der Waals surface area contributed by atoms with Crippen molar-refractivity contribution in [2.75, 3.05) is 20.8 Å². The fourth-order valence-electron chi connectivity index (χ4n) is 1.69. The summed E-state index contributed by atoms with van der Waals surface area (Å²) in [4.78, 5) is 11.9. The Bertz CT molecular complexity index is 449. The number of amides is 1. The average Bonchev–Trinajstić information content (AvgIpc) is 2.44. The highest BCUT2D eigenvalue weighted by Crippen LogP contribution is 2.27. The zero-order valence-corrected chi connectivity index (χ0v) is 13.2. The van der Waals surface area contributed by atoms with Gasteiger partial charge in [0.2, 0.25) is 5.91 Å². The van der Waals surface area contributed by atoms with Crippen LogP contribution < -0.4 is 14.8 Å². The average molecular weight is 300 g/mol. The van der Waals surface area contributed by atoms with Gasteiger partial charge >= 0.3 is 0 Å². The summed E-state index contributed by atoms with van der Waals surface area (Å²) < 4.78 is 10.4. The Morgan fingerprint density at radius 2 is 1.90 bits per heavy atom. The molecule has 1 atom stereocenters. The summed E-state index contributed by atoms with van der Waals surface area (Å²) in [6, 6.07) is 5.44. The van der Waals surface area contributed by atoms with Crippen LogP contribution in [-0.4, -0.2) is 32.0 Å². The zero-order valence-electron chi connectivity index (χ0n) is 12.4. The molecule has 4 nitrogen and oxygen atoms in total. The molecule has 0 radical (unpaired) electrons. The van der Waals surface area contributed by atoms with Crippen molar-refractivity contribution in [1.82, 2.24) is 5.32 Å². The fraction of sp³-hybridized carbons (Fsp3) is 0.533. The quantitative estimate of drug-likeness (QED) is 0.787. The largest absolute Gasteiger partial charge is 0.493 e. The fourth-order valence-corrected chi connectivity index (χ4v) is 1.76. The summed E-state index contributed by atoms with van der Waals surface area (Å²) in [5.41, 5.74) is 0.871. The van der Waals surface area contributed by atoms with Crippen LogP contribution in [0.4, 0.5) is 0 Å². The smallest absolute Gasteiger partial charge is 0.224 e. The molecule has 1 aromatic rings. The molecule has 0 saturated carbocycles. The Morgan fingerprint density at radius 1 is 1.25 bits per heavy atom. The number of methoxy groups -OCH3 is 2. The van der Waals surface area contributed by atoms with Gasteiger partial charge in [0.15, 0.2) is 11.5 Å². The van der Waals surface area contributed by atoms with Crippen LogP contribution in [0.5, 0.6) is 11.5 Å². The number of halogens is 1. The first kappa shape index (κ1) is 16.6. The predicted octanol–water partition coefficient (Wildman–Crippen LogP) is 2.63. The Balaban J connectivity index is 2.58. The molecular weight excluding hydrogens is 278 g/mol. The van der Waals surface area contributed by atoms with Gasteiger partial charge in [0, 0.05) is 6.54 Å². The van der Waals surface area contributed by atoms with Gasteiger partial charge in [0.05, 0.1) is 26.0 Å².